The molecule has 0 bridgehead atoms. The fourth-order valence-corrected chi connectivity index (χ4v) is 1.80. The molecule has 0 amide bonds. The maximum atomic E-state index is 5.38. The van der Waals surface area contributed by atoms with Gasteiger partial charge in [-0.3, -0.25) is 0 Å². The van der Waals surface area contributed by atoms with Gasteiger partial charge in [0.05, 0.1) is 6.61 Å². The molecule has 1 aromatic heterocycles. The lowest BCUT2D eigenvalue weighted by Gasteiger charge is -2.08. The monoisotopic (exact) mass is 186 g/mol. The maximum Gasteiger partial charge on any atom is 0.244 e. The third-order valence-electron chi connectivity index (χ3n) is 1.59. The van der Waals surface area contributed by atoms with Gasteiger partial charge in [0.2, 0.25) is 16.8 Å². The first-order chi connectivity index (χ1) is 5.54. The van der Waals surface area contributed by atoms with E-state index in [1.807, 2.05) is 13.1 Å². The van der Waals surface area contributed by atoms with Crippen LogP contribution in [0.15, 0.2) is 11.7 Å². The van der Waals surface area contributed by atoms with Crippen LogP contribution in [0.25, 0.3) is 0 Å². The first-order valence-electron chi connectivity index (χ1n) is 4.17. The summed E-state index contributed by atoms with van der Waals surface area (Å²) >= 11 is 1.64. The van der Waals surface area contributed by atoms with Crippen molar-refractivity contribution >= 4 is 11.3 Å². The lowest BCUT2D eigenvalue weighted by Crippen LogP contribution is -2.47. The van der Waals surface area contributed by atoms with E-state index in [-0.39, 0.29) is 5.54 Å². The SMILES string of the molecule is CCOc1c[n+](C(C)(C)C)cs1. The topological polar surface area (TPSA) is 13.1 Å². The van der Waals surface area contributed by atoms with Crippen molar-refractivity contribution < 1.29 is 9.30 Å². The van der Waals surface area contributed by atoms with Gasteiger partial charge in [0, 0.05) is 20.8 Å². The number of nitrogens with zero attached hydrogens (tertiary/aromatic N) is 1. The van der Waals surface area contributed by atoms with Crippen LogP contribution >= 0.6 is 11.3 Å². The second kappa shape index (κ2) is 3.44. The van der Waals surface area contributed by atoms with Gasteiger partial charge in [0.1, 0.15) is 0 Å². The molecule has 1 heterocycles. The van der Waals surface area contributed by atoms with Gasteiger partial charge in [-0.05, 0) is 18.3 Å². The highest BCUT2D eigenvalue weighted by Crippen LogP contribution is 2.17. The van der Waals surface area contributed by atoms with Gasteiger partial charge in [-0.15, -0.1) is 0 Å². The van der Waals surface area contributed by atoms with E-state index >= 15 is 0 Å². The number of ether oxygens (including phenoxy) is 1. The zero-order chi connectivity index (χ0) is 9.19. The molecule has 12 heavy (non-hydrogen) atoms. The van der Waals surface area contributed by atoms with Crippen LogP contribution in [-0.4, -0.2) is 6.61 Å². The number of thiazole rings is 1. The molecule has 0 atom stereocenters. The number of hydrogen-bond donors (Lipinski definition) is 0. The number of rotatable bonds is 2. The molecule has 0 fully saturated rings. The molecule has 0 aliphatic rings. The van der Waals surface area contributed by atoms with Crippen LogP contribution in [-0.2, 0) is 5.54 Å². The van der Waals surface area contributed by atoms with Crippen molar-refractivity contribution in [3.05, 3.63) is 11.7 Å². The minimum atomic E-state index is 0.159. The maximum absolute atomic E-state index is 5.38. The first kappa shape index (κ1) is 9.52. The van der Waals surface area contributed by atoms with Gasteiger partial charge in [-0.25, -0.2) is 0 Å². The van der Waals surface area contributed by atoms with Gasteiger partial charge in [0.25, 0.3) is 0 Å². The smallest absolute Gasteiger partial charge is 0.244 e. The van der Waals surface area contributed by atoms with E-state index in [1.165, 1.54) is 0 Å². The molecule has 0 aliphatic carbocycles. The standard InChI is InChI=1S/C9H16NOS/c1-5-11-8-6-10(7-12-8)9(2,3)4/h6-7H,5H2,1-4H3/q+1. The summed E-state index contributed by atoms with van der Waals surface area (Å²) in [5, 5.41) is 0.993. The lowest BCUT2D eigenvalue weighted by atomic mass is 10.1. The van der Waals surface area contributed by atoms with Crippen LogP contribution in [0.5, 0.6) is 5.06 Å². The van der Waals surface area contributed by atoms with Gasteiger partial charge >= 0.3 is 0 Å². The molecule has 0 aromatic carbocycles. The molecule has 0 spiro atoms. The Kier molecular flexibility index (Phi) is 2.73. The molecule has 0 saturated carbocycles. The van der Waals surface area contributed by atoms with Gasteiger partial charge in [-0.2, -0.15) is 4.57 Å². The van der Waals surface area contributed by atoms with Crippen molar-refractivity contribution in [2.45, 2.75) is 33.2 Å². The second-order valence-corrected chi connectivity index (χ2v) is 4.53. The number of aromatic nitrogens is 1. The molecule has 0 saturated heterocycles. The summed E-state index contributed by atoms with van der Waals surface area (Å²) in [5.41, 5.74) is 2.25. The highest BCUT2D eigenvalue weighted by molar-refractivity contribution is 7.11. The van der Waals surface area contributed by atoms with Crippen molar-refractivity contribution in [2.75, 3.05) is 6.61 Å². The van der Waals surface area contributed by atoms with Crippen molar-refractivity contribution in [3.63, 3.8) is 0 Å². The Labute approximate surface area is 77.8 Å². The average molecular weight is 186 g/mol. The van der Waals surface area contributed by atoms with Crippen molar-refractivity contribution in [2.24, 2.45) is 0 Å². The molecule has 2 nitrogen and oxygen atoms in total. The molecule has 0 aliphatic heterocycles. The van der Waals surface area contributed by atoms with E-state index in [0.29, 0.717) is 0 Å². The molecule has 1 aromatic rings. The van der Waals surface area contributed by atoms with E-state index < -0.39 is 0 Å². The van der Waals surface area contributed by atoms with E-state index in [2.05, 4.69) is 30.8 Å². The zero-order valence-electron chi connectivity index (χ0n) is 8.13. The fraction of sp³-hybridized carbons (Fsp3) is 0.667. The minimum absolute atomic E-state index is 0.159. The van der Waals surface area contributed by atoms with Crippen LogP contribution in [0.1, 0.15) is 27.7 Å². The third kappa shape index (κ3) is 2.21. The highest BCUT2D eigenvalue weighted by Gasteiger charge is 2.23. The van der Waals surface area contributed by atoms with E-state index in [9.17, 15) is 0 Å². The van der Waals surface area contributed by atoms with E-state index in [0.717, 1.165) is 11.7 Å². The van der Waals surface area contributed by atoms with E-state index in [4.69, 9.17) is 4.74 Å². The summed E-state index contributed by atoms with van der Waals surface area (Å²) in [7, 11) is 0. The van der Waals surface area contributed by atoms with Crippen molar-refractivity contribution in [3.8, 4) is 5.06 Å². The first-order valence-corrected chi connectivity index (χ1v) is 5.05. The highest BCUT2D eigenvalue weighted by atomic mass is 32.1. The Hall–Kier alpha value is -0.570. The molecule has 0 N–H and O–H groups in total. The Morgan fingerprint density at radius 1 is 1.50 bits per heavy atom. The summed E-state index contributed by atoms with van der Waals surface area (Å²) in [6.45, 7) is 9.27. The van der Waals surface area contributed by atoms with Crippen LogP contribution in [0.4, 0.5) is 0 Å². The molecule has 3 heteroatoms. The quantitative estimate of drug-likeness (QED) is 0.645. The molecule has 0 radical (unpaired) electrons. The van der Waals surface area contributed by atoms with Crippen LogP contribution in [0.3, 0.4) is 0 Å². The third-order valence-corrected chi connectivity index (χ3v) is 2.38. The lowest BCUT2D eigenvalue weighted by molar-refractivity contribution is -0.750. The van der Waals surface area contributed by atoms with Crippen LogP contribution in [0, 0.1) is 0 Å². The fourth-order valence-electron chi connectivity index (χ4n) is 0.848. The van der Waals surface area contributed by atoms with Crippen molar-refractivity contribution in [1.82, 2.24) is 0 Å². The summed E-state index contributed by atoms with van der Waals surface area (Å²) in [6.07, 6.45) is 2.05. The Morgan fingerprint density at radius 2 is 2.17 bits per heavy atom. The number of hydrogen-bond acceptors (Lipinski definition) is 2. The van der Waals surface area contributed by atoms with Crippen LogP contribution in [0.2, 0.25) is 0 Å². The summed E-state index contributed by atoms with van der Waals surface area (Å²) in [6, 6.07) is 0. The van der Waals surface area contributed by atoms with Gasteiger partial charge in [0.15, 0.2) is 5.54 Å². The summed E-state index contributed by atoms with van der Waals surface area (Å²) in [5.74, 6) is 0. The predicted octanol–water partition coefficient (Wildman–Crippen LogP) is 2.19. The Balaban J connectivity index is 2.77. The molecular weight excluding hydrogens is 170 g/mol. The second-order valence-electron chi connectivity index (χ2n) is 3.68. The Morgan fingerprint density at radius 3 is 2.58 bits per heavy atom. The largest absolute Gasteiger partial charge is 0.480 e. The van der Waals surface area contributed by atoms with Gasteiger partial charge in [-0.1, -0.05) is 0 Å². The predicted molar refractivity (Wildman–Crippen MR) is 50.7 cm³/mol. The molecule has 1 rings (SSSR count). The Bertz CT molecular complexity index is 249. The summed E-state index contributed by atoms with van der Waals surface area (Å²) in [4.78, 5) is 0. The van der Waals surface area contributed by atoms with Crippen molar-refractivity contribution in [1.29, 1.82) is 0 Å². The molecule has 0 unspecified atom stereocenters. The molecule has 68 valence electrons. The summed E-state index contributed by atoms with van der Waals surface area (Å²) < 4.78 is 7.55. The van der Waals surface area contributed by atoms with Gasteiger partial charge < -0.3 is 4.74 Å². The van der Waals surface area contributed by atoms with Crippen LogP contribution < -0.4 is 9.30 Å². The van der Waals surface area contributed by atoms with E-state index in [1.54, 1.807) is 11.3 Å². The zero-order valence-corrected chi connectivity index (χ0v) is 8.94. The normalized spacial score (nSPS) is 11.7. The average Bonchev–Trinajstić information content (AvgIpc) is 2.35. The molecular formula is C9H16NOS+. The minimum Gasteiger partial charge on any atom is -0.480 e.